The first kappa shape index (κ1) is 16.2. The molecular weight excluding hydrogens is 348 g/mol. The molecule has 0 nitrogen and oxygen atoms in total. The summed E-state index contributed by atoms with van der Waals surface area (Å²) in [5.41, 5.74) is 12.2. The summed E-state index contributed by atoms with van der Waals surface area (Å²) >= 11 is 0. The number of hydrogen-bond donors (Lipinski definition) is 0. The van der Waals surface area contributed by atoms with E-state index in [1.807, 2.05) is 0 Å². The van der Waals surface area contributed by atoms with Crippen LogP contribution in [0.2, 0.25) is 0 Å². The van der Waals surface area contributed by atoms with Crippen LogP contribution in [0.5, 0.6) is 0 Å². The Bertz CT molecular complexity index is 1460. The zero-order valence-corrected chi connectivity index (χ0v) is 18.1. The van der Waals surface area contributed by atoms with Crippen molar-refractivity contribution in [1.29, 1.82) is 0 Å². The Labute approximate surface area is 172 Å². The minimum absolute atomic E-state index is 0.0178. The zero-order chi connectivity index (χ0) is 20.1. The fourth-order valence-corrected chi connectivity index (χ4v) is 7.16. The lowest BCUT2D eigenvalue weighted by Crippen LogP contribution is -2.24. The highest BCUT2D eigenvalue weighted by molar-refractivity contribution is 6.25. The number of hydrogen-bond acceptors (Lipinski definition) is 0. The third-order valence-corrected chi connectivity index (χ3v) is 8.60. The number of benzene rings is 4. The van der Waals surface area contributed by atoms with Crippen LogP contribution in [0.25, 0.3) is 32.7 Å². The predicted octanol–water partition coefficient (Wildman–Crippen LogP) is 7.58. The van der Waals surface area contributed by atoms with Gasteiger partial charge in [0.1, 0.15) is 0 Å². The van der Waals surface area contributed by atoms with Gasteiger partial charge in [0, 0.05) is 16.2 Å². The maximum Gasteiger partial charge on any atom is 0.0165 e. The van der Waals surface area contributed by atoms with E-state index >= 15 is 0 Å². The van der Waals surface area contributed by atoms with Crippen molar-refractivity contribution in [2.24, 2.45) is 0 Å². The third kappa shape index (κ3) is 1.44. The van der Waals surface area contributed by atoms with E-state index in [0.29, 0.717) is 0 Å². The molecule has 0 N–H and O–H groups in total. The van der Waals surface area contributed by atoms with E-state index < -0.39 is 0 Å². The van der Waals surface area contributed by atoms with Crippen molar-refractivity contribution >= 4 is 21.5 Å². The van der Waals surface area contributed by atoms with Crippen LogP contribution in [-0.4, -0.2) is 0 Å². The van der Waals surface area contributed by atoms with Crippen molar-refractivity contribution in [2.75, 3.05) is 0 Å². The van der Waals surface area contributed by atoms with Crippen molar-refractivity contribution in [3.05, 3.63) is 81.9 Å². The molecule has 0 bridgehead atoms. The Kier molecular flexibility index (Phi) is 2.40. The van der Waals surface area contributed by atoms with E-state index in [2.05, 4.69) is 90.1 Å². The molecule has 142 valence electrons. The molecule has 0 unspecified atom stereocenters. The quantitative estimate of drug-likeness (QED) is 0.278. The molecule has 0 spiro atoms. The molecule has 0 aliphatic heterocycles. The lowest BCUT2D eigenvalue weighted by atomic mass is 9.67. The molecule has 0 heterocycles. The third-order valence-electron chi connectivity index (χ3n) is 8.60. The molecule has 0 heteroatoms. The van der Waals surface area contributed by atoms with Gasteiger partial charge in [0.05, 0.1) is 0 Å². The summed E-state index contributed by atoms with van der Waals surface area (Å²) in [7, 11) is 0. The van der Waals surface area contributed by atoms with Crippen molar-refractivity contribution in [2.45, 2.75) is 57.8 Å². The van der Waals surface area contributed by atoms with Crippen molar-refractivity contribution in [3.8, 4) is 11.1 Å². The van der Waals surface area contributed by atoms with E-state index in [1.54, 1.807) is 10.9 Å². The van der Waals surface area contributed by atoms with E-state index in [1.165, 1.54) is 55.1 Å². The van der Waals surface area contributed by atoms with Gasteiger partial charge in [-0.15, -0.1) is 0 Å². The smallest absolute Gasteiger partial charge is 0.0165 e. The SMILES string of the molecule is CC1(C)c2cccc3c2-c2c1c1cccc4c1c1c(ccc(c21)C3(C)C)C4(C)C. The summed E-state index contributed by atoms with van der Waals surface area (Å²) in [6.45, 7) is 14.5. The number of fused-ring (bicyclic) bond motifs is 1. The van der Waals surface area contributed by atoms with Crippen molar-refractivity contribution < 1.29 is 0 Å². The van der Waals surface area contributed by atoms with Crippen molar-refractivity contribution in [3.63, 3.8) is 0 Å². The van der Waals surface area contributed by atoms with Crippen LogP contribution >= 0.6 is 0 Å². The Hall–Kier alpha value is -2.60. The second-order valence-corrected chi connectivity index (χ2v) is 11.0. The fraction of sp³-hybridized carbons (Fsp3) is 0.310. The summed E-state index contributed by atoms with van der Waals surface area (Å²) in [6.07, 6.45) is 0. The van der Waals surface area contributed by atoms with Crippen LogP contribution < -0.4 is 0 Å². The fourth-order valence-electron chi connectivity index (χ4n) is 7.16. The maximum absolute atomic E-state index is 2.44. The largest absolute Gasteiger partial charge is 0.0616 e. The van der Waals surface area contributed by atoms with Gasteiger partial charge in [0.15, 0.2) is 0 Å². The van der Waals surface area contributed by atoms with Crippen LogP contribution in [0, 0.1) is 0 Å². The standard InChI is InChI=1S/C29H26/c1-27(2)16-10-7-9-15-21(16)23-19(27)13-14-20-24(23)25-22-17(28(20,3)4)11-8-12-18(22)29(5,6)26(15)25/h7-14H,1-6H3. The molecular formula is C29H26. The molecule has 0 fully saturated rings. The first-order valence-electron chi connectivity index (χ1n) is 10.9. The van der Waals surface area contributed by atoms with Gasteiger partial charge in [-0.3, -0.25) is 0 Å². The molecule has 0 amide bonds. The lowest BCUT2D eigenvalue weighted by molar-refractivity contribution is 0.636. The molecule has 4 aromatic carbocycles. The molecule has 0 radical (unpaired) electrons. The first-order valence-corrected chi connectivity index (χ1v) is 10.9. The average Bonchev–Trinajstić information content (AvgIpc) is 3.07. The van der Waals surface area contributed by atoms with E-state index in [0.717, 1.165) is 0 Å². The first-order chi connectivity index (χ1) is 13.7. The van der Waals surface area contributed by atoms with Gasteiger partial charge < -0.3 is 0 Å². The maximum atomic E-state index is 2.44. The predicted molar refractivity (Wildman–Crippen MR) is 123 cm³/mol. The zero-order valence-electron chi connectivity index (χ0n) is 18.1. The highest BCUT2D eigenvalue weighted by atomic mass is 14.5. The van der Waals surface area contributed by atoms with Gasteiger partial charge in [0.2, 0.25) is 0 Å². The van der Waals surface area contributed by atoms with Gasteiger partial charge >= 0.3 is 0 Å². The summed E-state index contributed by atoms with van der Waals surface area (Å²) < 4.78 is 0. The Morgan fingerprint density at radius 2 is 0.966 bits per heavy atom. The molecule has 0 saturated heterocycles. The minimum Gasteiger partial charge on any atom is -0.0616 e. The highest BCUT2D eigenvalue weighted by Gasteiger charge is 2.48. The Balaban J connectivity index is 1.91. The van der Waals surface area contributed by atoms with Crippen LogP contribution in [-0.2, 0) is 16.2 Å². The van der Waals surface area contributed by atoms with Gasteiger partial charge in [-0.05, 0) is 66.1 Å². The van der Waals surface area contributed by atoms with Crippen LogP contribution in [0.4, 0.5) is 0 Å². The highest BCUT2D eigenvalue weighted by Crippen LogP contribution is 2.64. The monoisotopic (exact) mass is 374 g/mol. The molecule has 7 rings (SSSR count). The molecule has 29 heavy (non-hydrogen) atoms. The van der Waals surface area contributed by atoms with Crippen molar-refractivity contribution in [1.82, 2.24) is 0 Å². The lowest BCUT2D eigenvalue weighted by Gasteiger charge is -2.35. The van der Waals surface area contributed by atoms with E-state index in [4.69, 9.17) is 0 Å². The van der Waals surface area contributed by atoms with Crippen LogP contribution in [0.3, 0.4) is 0 Å². The van der Waals surface area contributed by atoms with Crippen LogP contribution in [0.15, 0.2) is 48.5 Å². The number of rotatable bonds is 0. The Morgan fingerprint density at radius 1 is 0.448 bits per heavy atom. The molecule has 0 aromatic heterocycles. The van der Waals surface area contributed by atoms with Gasteiger partial charge in [-0.25, -0.2) is 0 Å². The molecule has 0 saturated carbocycles. The molecule has 3 aliphatic carbocycles. The summed E-state index contributed by atoms with van der Waals surface area (Å²) in [5, 5.41) is 6.06. The summed E-state index contributed by atoms with van der Waals surface area (Å²) in [5.74, 6) is 0. The van der Waals surface area contributed by atoms with E-state index in [9.17, 15) is 0 Å². The molecule has 0 atom stereocenters. The Morgan fingerprint density at radius 3 is 1.69 bits per heavy atom. The normalized spacial score (nSPS) is 20.2. The van der Waals surface area contributed by atoms with Gasteiger partial charge in [0.25, 0.3) is 0 Å². The average molecular weight is 375 g/mol. The molecule has 3 aliphatic rings. The molecule has 4 aromatic rings. The minimum atomic E-state index is 0.0178. The summed E-state index contributed by atoms with van der Waals surface area (Å²) in [6, 6.07) is 18.9. The van der Waals surface area contributed by atoms with Gasteiger partial charge in [-0.1, -0.05) is 90.1 Å². The topological polar surface area (TPSA) is 0 Å². The summed E-state index contributed by atoms with van der Waals surface area (Å²) in [4.78, 5) is 0. The van der Waals surface area contributed by atoms with Gasteiger partial charge in [-0.2, -0.15) is 0 Å². The second kappa shape index (κ2) is 4.29. The van der Waals surface area contributed by atoms with Crippen LogP contribution in [0.1, 0.15) is 74.9 Å². The second-order valence-electron chi connectivity index (χ2n) is 11.0. The van der Waals surface area contributed by atoms with E-state index in [-0.39, 0.29) is 16.2 Å².